The molecule has 3 heteroatoms. The maximum atomic E-state index is 10.4. The van der Waals surface area contributed by atoms with E-state index in [1.807, 2.05) is 6.92 Å². The van der Waals surface area contributed by atoms with Gasteiger partial charge in [0.2, 0.25) is 0 Å². The standard InChI is InChI=1S/C11H11NO2/c1-2-14-10-6-3-9(4-7-10)5-8-11(12)13/h3-4,6-7H,2H2,1H3,(H2,12,13). The van der Waals surface area contributed by atoms with E-state index in [1.54, 1.807) is 24.3 Å². The molecule has 0 fully saturated rings. The van der Waals surface area contributed by atoms with Crippen LogP contribution >= 0.6 is 0 Å². The minimum atomic E-state index is -0.626. The average molecular weight is 189 g/mol. The number of amides is 1. The van der Waals surface area contributed by atoms with Crippen molar-refractivity contribution in [2.75, 3.05) is 6.61 Å². The van der Waals surface area contributed by atoms with E-state index in [4.69, 9.17) is 10.5 Å². The van der Waals surface area contributed by atoms with Gasteiger partial charge in [-0.25, -0.2) is 0 Å². The maximum absolute atomic E-state index is 10.4. The lowest BCUT2D eigenvalue weighted by atomic mass is 10.2. The molecule has 1 aromatic rings. The molecule has 72 valence electrons. The van der Waals surface area contributed by atoms with Gasteiger partial charge < -0.3 is 10.5 Å². The molecule has 3 nitrogen and oxygen atoms in total. The van der Waals surface area contributed by atoms with Crippen molar-refractivity contribution < 1.29 is 9.53 Å². The number of rotatable bonds is 2. The summed E-state index contributed by atoms with van der Waals surface area (Å²) in [7, 11) is 0. The van der Waals surface area contributed by atoms with E-state index >= 15 is 0 Å². The largest absolute Gasteiger partial charge is 0.494 e. The van der Waals surface area contributed by atoms with Crippen LogP contribution in [-0.2, 0) is 4.79 Å². The van der Waals surface area contributed by atoms with E-state index in [0.717, 1.165) is 11.3 Å². The van der Waals surface area contributed by atoms with Crippen LogP contribution in [0.2, 0.25) is 0 Å². The second kappa shape index (κ2) is 4.93. The number of carbonyl (C=O) groups is 1. The van der Waals surface area contributed by atoms with E-state index in [1.165, 1.54) is 0 Å². The molecule has 1 rings (SSSR count). The molecule has 1 amide bonds. The summed E-state index contributed by atoms with van der Waals surface area (Å²) in [5, 5.41) is 0. The number of ether oxygens (including phenoxy) is 1. The fourth-order valence-electron chi connectivity index (χ4n) is 0.935. The SMILES string of the molecule is CCOc1ccc(C#CC(N)=O)cc1. The van der Waals surface area contributed by atoms with E-state index in [2.05, 4.69) is 11.8 Å². The summed E-state index contributed by atoms with van der Waals surface area (Å²) in [6.45, 7) is 2.55. The van der Waals surface area contributed by atoms with Crippen LogP contribution in [0.15, 0.2) is 24.3 Å². The van der Waals surface area contributed by atoms with Gasteiger partial charge >= 0.3 is 0 Å². The Labute approximate surface area is 82.9 Å². The summed E-state index contributed by atoms with van der Waals surface area (Å²) in [4.78, 5) is 10.4. The van der Waals surface area contributed by atoms with Crippen molar-refractivity contribution in [2.24, 2.45) is 5.73 Å². The zero-order chi connectivity index (χ0) is 10.4. The number of hydrogen-bond donors (Lipinski definition) is 1. The predicted molar refractivity (Wildman–Crippen MR) is 53.7 cm³/mol. The zero-order valence-corrected chi connectivity index (χ0v) is 7.91. The minimum Gasteiger partial charge on any atom is -0.494 e. The van der Waals surface area contributed by atoms with Crippen LogP contribution in [0.1, 0.15) is 12.5 Å². The molecular formula is C11H11NO2. The Bertz CT molecular complexity index is 371. The third-order valence-electron chi connectivity index (χ3n) is 1.50. The van der Waals surface area contributed by atoms with Crippen molar-refractivity contribution in [3.05, 3.63) is 29.8 Å². The van der Waals surface area contributed by atoms with Crippen LogP contribution in [0.5, 0.6) is 5.75 Å². The monoisotopic (exact) mass is 189 g/mol. The Hall–Kier alpha value is -1.95. The van der Waals surface area contributed by atoms with Crippen LogP contribution in [0.3, 0.4) is 0 Å². The summed E-state index contributed by atoms with van der Waals surface area (Å²) in [6.07, 6.45) is 0. The first kappa shape index (κ1) is 10.1. The molecule has 0 aliphatic carbocycles. The lowest BCUT2D eigenvalue weighted by molar-refractivity contribution is -0.112. The van der Waals surface area contributed by atoms with Crippen molar-refractivity contribution >= 4 is 5.91 Å². The molecule has 0 spiro atoms. The van der Waals surface area contributed by atoms with E-state index < -0.39 is 5.91 Å². The highest BCUT2D eigenvalue weighted by molar-refractivity contribution is 5.92. The molecule has 1 aromatic carbocycles. The third-order valence-corrected chi connectivity index (χ3v) is 1.50. The first-order valence-electron chi connectivity index (χ1n) is 4.26. The van der Waals surface area contributed by atoms with E-state index in [0.29, 0.717) is 6.61 Å². The molecule has 0 aromatic heterocycles. The predicted octanol–water partition coefficient (Wildman–Crippen LogP) is 0.922. The van der Waals surface area contributed by atoms with E-state index in [9.17, 15) is 4.79 Å². The van der Waals surface area contributed by atoms with Gasteiger partial charge in [-0.15, -0.1) is 0 Å². The molecule has 0 saturated carbocycles. The van der Waals surface area contributed by atoms with Gasteiger partial charge in [0.15, 0.2) is 0 Å². The smallest absolute Gasteiger partial charge is 0.293 e. The second-order valence-corrected chi connectivity index (χ2v) is 2.57. The minimum absolute atomic E-state index is 0.626. The highest BCUT2D eigenvalue weighted by Crippen LogP contribution is 2.10. The Morgan fingerprint density at radius 2 is 2.07 bits per heavy atom. The van der Waals surface area contributed by atoms with Gasteiger partial charge in [0.25, 0.3) is 5.91 Å². The maximum Gasteiger partial charge on any atom is 0.293 e. The van der Waals surface area contributed by atoms with Gasteiger partial charge in [0, 0.05) is 5.56 Å². The molecule has 0 aliphatic heterocycles. The molecule has 0 aliphatic rings. The number of nitrogens with two attached hydrogens (primary N) is 1. The fraction of sp³-hybridized carbons (Fsp3) is 0.182. The second-order valence-electron chi connectivity index (χ2n) is 2.57. The summed E-state index contributed by atoms with van der Waals surface area (Å²) < 4.78 is 5.25. The molecule has 0 atom stereocenters. The molecule has 0 heterocycles. The topological polar surface area (TPSA) is 52.3 Å². The number of primary amides is 1. The summed E-state index contributed by atoms with van der Waals surface area (Å²) in [5.74, 6) is 5.06. The normalized spacial score (nSPS) is 8.64. The molecule has 0 saturated heterocycles. The van der Waals surface area contributed by atoms with Gasteiger partial charge in [0.05, 0.1) is 6.61 Å². The van der Waals surface area contributed by atoms with Crippen LogP contribution in [0, 0.1) is 11.8 Å². The first-order chi connectivity index (χ1) is 6.72. The first-order valence-corrected chi connectivity index (χ1v) is 4.26. The average Bonchev–Trinajstić information content (AvgIpc) is 2.17. The Morgan fingerprint density at radius 3 is 2.57 bits per heavy atom. The lowest BCUT2D eigenvalue weighted by Crippen LogP contribution is -2.06. The lowest BCUT2D eigenvalue weighted by Gasteiger charge is -2.01. The van der Waals surface area contributed by atoms with Gasteiger partial charge in [-0.2, -0.15) is 0 Å². The molecule has 2 N–H and O–H groups in total. The van der Waals surface area contributed by atoms with Gasteiger partial charge in [-0.05, 0) is 37.1 Å². The van der Waals surface area contributed by atoms with Crippen molar-refractivity contribution in [3.8, 4) is 17.6 Å². The highest BCUT2D eigenvalue weighted by atomic mass is 16.5. The summed E-state index contributed by atoms with van der Waals surface area (Å²) >= 11 is 0. The molecular weight excluding hydrogens is 178 g/mol. The van der Waals surface area contributed by atoms with Crippen LogP contribution in [0.4, 0.5) is 0 Å². The summed E-state index contributed by atoms with van der Waals surface area (Å²) in [6, 6.07) is 7.16. The number of benzene rings is 1. The molecule has 0 radical (unpaired) electrons. The van der Waals surface area contributed by atoms with Gasteiger partial charge in [0.1, 0.15) is 5.75 Å². The highest BCUT2D eigenvalue weighted by Gasteiger charge is 1.91. The van der Waals surface area contributed by atoms with Crippen molar-refractivity contribution in [2.45, 2.75) is 6.92 Å². The number of carbonyl (C=O) groups excluding carboxylic acids is 1. The third kappa shape index (κ3) is 3.20. The van der Waals surface area contributed by atoms with Gasteiger partial charge in [-0.1, -0.05) is 5.92 Å². The van der Waals surface area contributed by atoms with Crippen LogP contribution in [-0.4, -0.2) is 12.5 Å². The molecule has 14 heavy (non-hydrogen) atoms. The molecule has 0 unspecified atom stereocenters. The van der Waals surface area contributed by atoms with Crippen molar-refractivity contribution in [3.63, 3.8) is 0 Å². The van der Waals surface area contributed by atoms with Crippen molar-refractivity contribution in [1.29, 1.82) is 0 Å². The Kier molecular flexibility index (Phi) is 3.57. The summed E-state index contributed by atoms with van der Waals surface area (Å²) in [5.41, 5.74) is 5.62. The quantitative estimate of drug-likeness (QED) is 0.703. The Balaban J connectivity index is 2.75. The van der Waals surface area contributed by atoms with Crippen LogP contribution < -0.4 is 10.5 Å². The van der Waals surface area contributed by atoms with Crippen molar-refractivity contribution in [1.82, 2.24) is 0 Å². The van der Waals surface area contributed by atoms with Gasteiger partial charge in [-0.3, -0.25) is 4.79 Å². The Morgan fingerprint density at radius 1 is 1.43 bits per heavy atom. The zero-order valence-electron chi connectivity index (χ0n) is 7.91. The fourth-order valence-corrected chi connectivity index (χ4v) is 0.935. The number of hydrogen-bond acceptors (Lipinski definition) is 2. The molecule has 0 bridgehead atoms. The van der Waals surface area contributed by atoms with E-state index in [-0.39, 0.29) is 0 Å². The van der Waals surface area contributed by atoms with Crippen LogP contribution in [0.25, 0.3) is 0 Å².